The smallest absolute Gasteiger partial charge is 0.264 e. The molecule has 0 saturated carbocycles. The lowest BCUT2D eigenvalue weighted by molar-refractivity contribution is -0.140. The van der Waals surface area contributed by atoms with Gasteiger partial charge in [0.05, 0.1) is 17.2 Å². The van der Waals surface area contributed by atoms with Crippen molar-refractivity contribution in [2.24, 2.45) is 0 Å². The number of amides is 2. The van der Waals surface area contributed by atoms with Crippen LogP contribution in [0.5, 0.6) is 5.75 Å². The van der Waals surface area contributed by atoms with E-state index in [9.17, 15) is 18.0 Å². The maximum atomic E-state index is 14.1. The first-order chi connectivity index (χ1) is 19.1. The third kappa shape index (κ3) is 7.85. The molecule has 214 valence electrons. The van der Waals surface area contributed by atoms with E-state index in [1.807, 2.05) is 58.9 Å². The Morgan fingerprint density at radius 2 is 1.60 bits per heavy atom. The van der Waals surface area contributed by atoms with Gasteiger partial charge in [0.2, 0.25) is 11.8 Å². The van der Waals surface area contributed by atoms with E-state index in [0.717, 1.165) is 15.4 Å². The largest absolute Gasteiger partial charge is 0.494 e. The monoisotopic (exact) mass is 565 g/mol. The normalized spacial score (nSPS) is 12.1. The van der Waals surface area contributed by atoms with Crippen molar-refractivity contribution < 1.29 is 22.7 Å². The van der Waals surface area contributed by atoms with Crippen LogP contribution in [0.3, 0.4) is 0 Å². The highest BCUT2D eigenvalue weighted by atomic mass is 32.2. The number of aryl methyl sites for hydroxylation is 1. The Morgan fingerprint density at radius 1 is 0.925 bits per heavy atom. The van der Waals surface area contributed by atoms with Crippen LogP contribution < -0.4 is 14.4 Å². The fourth-order valence-electron chi connectivity index (χ4n) is 4.43. The van der Waals surface area contributed by atoms with Gasteiger partial charge in [-0.25, -0.2) is 8.42 Å². The van der Waals surface area contributed by atoms with Crippen LogP contribution in [0.25, 0.3) is 0 Å². The van der Waals surface area contributed by atoms with Gasteiger partial charge in [-0.1, -0.05) is 55.0 Å². The molecule has 40 heavy (non-hydrogen) atoms. The highest BCUT2D eigenvalue weighted by molar-refractivity contribution is 7.92. The van der Waals surface area contributed by atoms with Crippen molar-refractivity contribution in [3.05, 3.63) is 90.0 Å². The van der Waals surface area contributed by atoms with Crippen molar-refractivity contribution in [2.75, 3.05) is 17.5 Å². The molecule has 0 aliphatic rings. The second-order valence-electron chi connectivity index (χ2n) is 9.85. The lowest BCUT2D eigenvalue weighted by Crippen LogP contribution is -2.53. The van der Waals surface area contributed by atoms with Gasteiger partial charge < -0.3 is 15.0 Å². The van der Waals surface area contributed by atoms with Crippen molar-refractivity contribution in [2.45, 2.75) is 64.6 Å². The third-order valence-corrected chi connectivity index (χ3v) is 8.09. The molecular weight excluding hydrogens is 526 g/mol. The molecule has 1 atom stereocenters. The van der Waals surface area contributed by atoms with Crippen molar-refractivity contribution >= 4 is 27.5 Å². The zero-order chi connectivity index (χ0) is 29.3. The first-order valence-electron chi connectivity index (χ1n) is 13.5. The molecule has 0 aromatic heterocycles. The van der Waals surface area contributed by atoms with Crippen LogP contribution in [0.1, 0.15) is 45.2 Å². The minimum Gasteiger partial charge on any atom is -0.494 e. The number of hydrogen-bond donors (Lipinski definition) is 1. The van der Waals surface area contributed by atoms with Crippen LogP contribution in [-0.2, 0) is 26.2 Å². The van der Waals surface area contributed by atoms with Crippen molar-refractivity contribution in [1.82, 2.24) is 10.2 Å². The maximum absolute atomic E-state index is 14.1. The Labute approximate surface area is 238 Å². The summed E-state index contributed by atoms with van der Waals surface area (Å²) in [6.45, 7) is 9.52. The van der Waals surface area contributed by atoms with E-state index in [0.29, 0.717) is 24.5 Å². The highest BCUT2D eigenvalue weighted by Gasteiger charge is 2.33. The van der Waals surface area contributed by atoms with E-state index in [4.69, 9.17) is 4.74 Å². The van der Waals surface area contributed by atoms with E-state index in [1.54, 1.807) is 42.5 Å². The van der Waals surface area contributed by atoms with Crippen LogP contribution in [0.4, 0.5) is 5.69 Å². The maximum Gasteiger partial charge on any atom is 0.264 e. The van der Waals surface area contributed by atoms with Gasteiger partial charge in [0.25, 0.3) is 10.0 Å². The number of anilines is 1. The van der Waals surface area contributed by atoms with E-state index in [2.05, 4.69) is 5.32 Å². The van der Waals surface area contributed by atoms with Crippen molar-refractivity contribution in [3.63, 3.8) is 0 Å². The van der Waals surface area contributed by atoms with Gasteiger partial charge in [-0.2, -0.15) is 0 Å². The van der Waals surface area contributed by atoms with E-state index >= 15 is 0 Å². The molecule has 0 heterocycles. The molecule has 3 aromatic rings. The third-order valence-electron chi connectivity index (χ3n) is 6.30. The van der Waals surface area contributed by atoms with Crippen LogP contribution in [0.2, 0.25) is 0 Å². The molecular formula is C31H39N3O5S. The number of carbonyl (C=O) groups is 2. The molecule has 0 fully saturated rings. The van der Waals surface area contributed by atoms with Gasteiger partial charge in [-0.3, -0.25) is 13.9 Å². The number of benzene rings is 3. The van der Waals surface area contributed by atoms with Gasteiger partial charge in [0, 0.05) is 12.6 Å². The van der Waals surface area contributed by atoms with Gasteiger partial charge in [0.15, 0.2) is 0 Å². The minimum atomic E-state index is -4.11. The summed E-state index contributed by atoms with van der Waals surface area (Å²) in [5.74, 6) is -0.176. The lowest BCUT2D eigenvalue weighted by atomic mass is 10.1. The first kappa shape index (κ1) is 30.7. The summed E-state index contributed by atoms with van der Waals surface area (Å²) in [6.07, 6.45) is 0.366. The zero-order valence-electron chi connectivity index (χ0n) is 23.8. The number of carbonyl (C=O) groups excluding carboxylic acids is 2. The summed E-state index contributed by atoms with van der Waals surface area (Å²) in [5, 5.41) is 2.91. The molecule has 9 heteroatoms. The van der Waals surface area contributed by atoms with Gasteiger partial charge in [-0.05, 0) is 76.1 Å². The number of rotatable bonds is 13. The van der Waals surface area contributed by atoms with Crippen LogP contribution in [0, 0.1) is 6.92 Å². The standard InChI is InChI=1S/C31H39N3O5S/c1-6-29(31(36)32-23(3)4)33(21-25-13-11-12-24(5)20-25)30(35)22-34(26-16-18-27(19-17-26)39-7-2)40(37,38)28-14-9-8-10-15-28/h8-20,23,29H,6-7,21-22H2,1-5H3,(H,32,36). The van der Waals surface area contributed by atoms with Gasteiger partial charge in [-0.15, -0.1) is 0 Å². The number of sulfonamides is 1. The molecule has 2 amide bonds. The summed E-state index contributed by atoms with van der Waals surface area (Å²) >= 11 is 0. The predicted molar refractivity (Wildman–Crippen MR) is 158 cm³/mol. The topological polar surface area (TPSA) is 96.0 Å². The van der Waals surface area contributed by atoms with Gasteiger partial charge in [0.1, 0.15) is 18.3 Å². The lowest BCUT2D eigenvalue weighted by Gasteiger charge is -2.33. The first-order valence-corrected chi connectivity index (χ1v) is 15.0. The van der Waals surface area contributed by atoms with Gasteiger partial charge >= 0.3 is 0 Å². The summed E-state index contributed by atoms with van der Waals surface area (Å²) < 4.78 is 34.4. The van der Waals surface area contributed by atoms with Crippen molar-refractivity contribution in [3.8, 4) is 5.75 Å². The average Bonchev–Trinajstić information content (AvgIpc) is 2.92. The molecule has 3 rings (SSSR count). The molecule has 0 aliphatic carbocycles. The SMILES string of the molecule is CCOc1ccc(N(CC(=O)N(Cc2cccc(C)c2)C(CC)C(=O)NC(C)C)S(=O)(=O)c2ccccc2)cc1. The van der Waals surface area contributed by atoms with Crippen molar-refractivity contribution in [1.29, 1.82) is 0 Å². The Bertz CT molecular complexity index is 1380. The van der Waals surface area contributed by atoms with Crippen LogP contribution in [0.15, 0.2) is 83.8 Å². The molecule has 0 spiro atoms. The van der Waals surface area contributed by atoms with E-state index in [1.165, 1.54) is 17.0 Å². The van der Waals surface area contributed by atoms with Crippen LogP contribution in [-0.4, -0.2) is 50.4 Å². The van der Waals surface area contributed by atoms with Crippen LogP contribution >= 0.6 is 0 Å². The molecule has 0 aliphatic heterocycles. The quantitative estimate of drug-likeness (QED) is 0.317. The molecule has 0 radical (unpaired) electrons. The van der Waals surface area contributed by atoms with E-state index in [-0.39, 0.29) is 23.4 Å². The second kappa shape index (κ2) is 14.0. The number of ether oxygens (including phenoxy) is 1. The molecule has 1 unspecified atom stereocenters. The number of nitrogens with zero attached hydrogens (tertiary/aromatic N) is 2. The highest BCUT2D eigenvalue weighted by Crippen LogP contribution is 2.27. The molecule has 0 bridgehead atoms. The summed E-state index contributed by atoms with van der Waals surface area (Å²) in [5.41, 5.74) is 2.19. The summed E-state index contributed by atoms with van der Waals surface area (Å²) in [6, 6.07) is 21.4. The Morgan fingerprint density at radius 3 is 2.17 bits per heavy atom. The Kier molecular flexibility index (Phi) is 10.7. The van der Waals surface area contributed by atoms with E-state index < -0.39 is 28.5 Å². The Balaban J connectivity index is 2.05. The fraction of sp³-hybridized carbons (Fsp3) is 0.355. The fourth-order valence-corrected chi connectivity index (χ4v) is 5.87. The molecule has 3 aromatic carbocycles. The molecule has 0 saturated heterocycles. The molecule has 1 N–H and O–H groups in total. The summed E-state index contributed by atoms with van der Waals surface area (Å²) in [7, 11) is -4.11. The minimum absolute atomic E-state index is 0.0616. The Hall–Kier alpha value is -3.85. The number of hydrogen-bond acceptors (Lipinski definition) is 5. The second-order valence-corrected chi connectivity index (χ2v) is 11.7. The predicted octanol–water partition coefficient (Wildman–Crippen LogP) is 4.92. The average molecular weight is 566 g/mol. The zero-order valence-corrected chi connectivity index (χ0v) is 24.6. The summed E-state index contributed by atoms with van der Waals surface area (Å²) in [4.78, 5) is 28.8. The number of nitrogens with one attached hydrogen (secondary N) is 1. The molecule has 8 nitrogen and oxygen atoms in total.